The molecule has 5 rings (SSSR count). The second-order valence-corrected chi connectivity index (χ2v) is 10.1. The van der Waals surface area contributed by atoms with Crippen LogP contribution in [0.25, 0.3) is 11.6 Å². The molecule has 1 aliphatic carbocycles. The van der Waals surface area contributed by atoms with Gasteiger partial charge in [0.2, 0.25) is 11.8 Å². The highest BCUT2D eigenvalue weighted by Crippen LogP contribution is 2.50. The molecule has 8 nitrogen and oxygen atoms in total. The van der Waals surface area contributed by atoms with E-state index in [4.69, 9.17) is 4.65 Å². The first-order valence-corrected chi connectivity index (χ1v) is 12.8. The summed E-state index contributed by atoms with van der Waals surface area (Å²) in [6.45, 7) is 1.94. The fourth-order valence-corrected chi connectivity index (χ4v) is 6.25. The molecule has 2 aromatic rings. The van der Waals surface area contributed by atoms with Crippen LogP contribution in [0, 0.1) is 17.8 Å². The molecule has 2 aliphatic heterocycles. The predicted molar refractivity (Wildman–Crippen MR) is 141 cm³/mol. The van der Waals surface area contributed by atoms with E-state index in [1.165, 1.54) is 0 Å². The summed E-state index contributed by atoms with van der Waals surface area (Å²) < 4.78 is 10.7. The van der Waals surface area contributed by atoms with Crippen molar-refractivity contribution in [1.29, 1.82) is 0 Å². The third kappa shape index (κ3) is 4.79. The predicted octanol–water partition coefficient (Wildman–Crippen LogP) is 4.30. The third-order valence-electron chi connectivity index (χ3n) is 7.84. The lowest BCUT2D eigenvalue weighted by Gasteiger charge is -2.42. The van der Waals surface area contributed by atoms with Gasteiger partial charge in [-0.1, -0.05) is 54.1 Å². The van der Waals surface area contributed by atoms with Crippen LogP contribution < -0.4 is 0 Å². The fraction of sp³-hybridized carbons (Fsp3) is 0.345. The zero-order chi connectivity index (χ0) is 27.0. The van der Waals surface area contributed by atoms with E-state index in [9.17, 15) is 24.5 Å². The molecule has 2 fully saturated rings. The minimum atomic E-state index is -1.09. The molecule has 2 N–H and O–H groups in total. The molecule has 3 amide bonds. The molecule has 0 spiro atoms. The summed E-state index contributed by atoms with van der Waals surface area (Å²) >= 11 is 0. The van der Waals surface area contributed by atoms with Crippen LogP contribution >= 0.6 is 0 Å². The first-order valence-electron chi connectivity index (χ1n) is 12.8. The minimum Gasteiger partial charge on any atom is -0.508 e. The van der Waals surface area contributed by atoms with E-state index in [1.807, 2.05) is 49.4 Å². The highest BCUT2D eigenvalue weighted by molar-refractivity contribution is 6.43. The lowest BCUT2D eigenvalue weighted by molar-refractivity contribution is -0.137. The van der Waals surface area contributed by atoms with Crippen molar-refractivity contribution < 1.29 is 33.9 Å². The lowest BCUT2D eigenvalue weighted by atomic mass is 9.58. The van der Waals surface area contributed by atoms with E-state index in [2.05, 4.69) is 4.74 Å². The van der Waals surface area contributed by atoms with Crippen molar-refractivity contribution in [3.63, 3.8) is 0 Å². The molecule has 4 atom stereocenters. The van der Waals surface area contributed by atoms with Gasteiger partial charge in [-0.3, -0.25) is 9.59 Å². The number of hydrogen-bond acceptors (Lipinski definition) is 7. The Morgan fingerprint density at radius 3 is 2.61 bits per heavy atom. The number of hydrogen-bond donors (Lipinski definition) is 2. The number of phenols is 1. The van der Waals surface area contributed by atoms with E-state index in [1.54, 1.807) is 18.2 Å². The number of nitrogens with zero attached hydrogens (tertiary/aromatic N) is 1. The van der Waals surface area contributed by atoms with Gasteiger partial charge in [-0.25, -0.2) is 4.79 Å². The molecular weight excluding hydrogens is 485 g/mol. The molecule has 0 radical (unpaired) electrons. The Hall–Kier alpha value is -3.69. The van der Waals surface area contributed by atoms with Crippen molar-refractivity contribution >= 4 is 36.7 Å². The summed E-state index contributed by atoms with van der Waals surface area (Å²) in [6, 6.07) is 17.0. The fourth-order valence-electron chi connectivity index (χ4n) is 6.25. The van der Waals surface area contributed by atoms with Crippen molar-refractivity contribution in [2.24, 2.45) is 17.8 Å². The van der Waals surface area contributed by atoms with Gasteiger partial charge < -0.3 is 19.5 Å². The number of rotatable bonds is 5. The van der Waals surface area contributed by atoms with Crippen molar-refractivity contribution in [2.45, 2.75) is 38.6 Å². The monoisotopic (exact) mass is 515 g/mol. The molecule has 196 valence electrons. The van der Waals surface area contributed by atoms with Gasteiger partial charge in [0.15, 0.2) is 0 Å². The topological polar surface area (TPSA) is 113 Å². The molecule has 9 heteroatoms. The van der Waals surface area contributed by atoms with Crippen LogP contribution in [-0.2, 0) is 19.0 Å². The number of fused-ring (bicyclic) bond motifs is 3. The molecule has 0 unspecified atom stereocenters. The van der Waals surface area contributed by atoms with E-state index in [-0.39, 0.29) is 12.1 Å². The van der Waals surface area contributed by atoms with Gasteiger partial charge in [-0.05, 0) is 72.8 Å². The van der Waals surface area contributed by atoms with E-state index in [0.29, 0.717) is 24.2 Å². The Bertz CT molecular complexity index is 1320. The SMILES string of the molecule is COC(=O)N1C(=O)[C@@H]2[C@@H](CC(C)=C3[C@@H](CC/C(=C/c4cccc(O)c4)c4ccccc4)OB(O)C[C@@H]32)C1=O. The van der Waals surface area contributed by atoms with Crippen LogP contribution in [0.2, 0.25) is 6.32 Å². The Balaban J connectivity index is 1.44. The van der Waals surface area contributed by atoms with E-state index >= 15 is 0 Å². The normalized spacial score (nSPS) is 25.4. The zero-order valence-electron chi connectivity index (χ0n) is 21.4. The van der Waals surface area contributed by atoms with Gasteiger partial charge in [-0.15, -0.1) is 0 Å². The molecule has 2 saturated heterocycles. The number of methoxy groups -OCH3 is 1. The average Bonchev–Trinajstić information content (AvgIpc) is 3.15. The molecule has 0 bridgehead atoms. The average molecular weight is 515 g/mol. The number of allylic oxidation sites excluding steroid dienone is 2. The van der Waals surface area contributed by atoms with Crippen molar-refractivity contribution in [2.75, 3.05) is 7.11 Å². The molecular formula is C29H30BNO7. The Kier molecular flexibility index (Phi) is 7.23. The molecule has 38 heavy (non-hydrogen) atoms. The van der Waals surface area contributed by atoms with E-state index in [0.717, 1.165) is 35.0 Å². The number of carbonyl (C=O) groups is 3. The number of aromatic hydroxyl groups is 1. The summed E-state index contributed by atoms with van der Waals surface area (Å²) in [5.74, 6) is -2.69. The van der Waals surface area contributed by atoms with Crippen LogP contribution in [0.1, 0.15) is 37.3 Å². The molecule has 0 aromatic heterocycles. The van der Waals surface area contributed by atoms with Crippen molar-refractivity contribution in [3.8, 4) is 5.75 Å². The van der Waals surface area contributed by atoms with Crippen LogP contribution in [0.3, 0.4) is 0 Å². The maximum atomic E-state index is 13.2. The number of imide groups is 3. The Labute approximate surface area is 221 Å². The second-order valence-electron chi connectivity index (χ2n) is 10.1. The molecule has 3 aliphatic rings. The molecule has 2 heterocycles. The van der Waals surface area contributed by atoms with Crippen LogP contribution in [0.4, 0.5) is 4.79 Å². The molecule has 2 aromatic carbocycles. The van der Waals surface area contributed by atoms with Crippen LogP contribution in [0.15, 0.2) is 65.7 Å². The Morgan fingerprint density at radius 2 is 1.89 bits per heavy atom. The summed E-state index contributed by atoms with van der Waals surface area (Å²) in [4.78, 5) is 39.0. The summed E-state index contributed by atoms with van der Waals surface area (Å²) in [7, 11) is 0.0495. The number of ether oxygens (including phenoxy) is 1. The standard InChI is InChI=1S/C29H30BNO7/c1-17-13-22-26(28(34)31(27(22)33)29(35)37-2)23-16-30(36)38-24(25(17)23)12-11-20(19-8-4-3-5-9-19)14-18-7-6-10-21(32)15-18/h3-10,14-15,22-24,26,32,36H,11-13,16H2,1-2H3/b20-14-/t22-,23+,24-,26-/m1/s1. The van der Waals surface area contributed by atoms with Gasteiger partial charge in [0.25, 0.3) is 0 Å². The first kappa shape index (κ1) is 25.9. The second kappa shape index (κ2) is 10.6. The van der Waals surface area contributed by atoms with Gasteiger partial charge in [0.05, 0.1) is 25.0 Å². The summed E-state index contributed by atoms with van der Waals surface area (Å²) in [6.07, 6.45) is 2.30. The van der Waals surface area contributed by atoms with Gasteiger partial charge >= 0.3 is 13.2 Å². The first-order chi connectivity index (χ1) is 18.3. The highest BCUT2D eigenvalue weighted by atomic mass is 16.5. The summed E-state index contributed by atoms with van der Waals surface area (Å²) in [5, 5.41) is 20.6. The maximum absolute atomic E-state index is 13.2. The largest absolute Gasteiger partial charge is 0.508 e. The summed E-state index contributed by atoms with van der Waals surface area (Å²) in [5.41, 5.74) is 4.82. The smallest absolute Gasteiger partial charge is 0.455 e. The van der Waals surface area contributed by atoms with Gasteiger partial charge in [0.1, 0.15) is 5.75 Å². The van der Waals surface area contributed by atoms with E-state index < -0.39 is 48.9 Å². The highest BCUT2D eigenvalue weighted by Gasteiger charge is 2.58. The van der Waals surface area contributed by atoms with Gasteiger partial charge in [-0.2, -0.15) is 4.90 Å². The number of benzene rings is 2. The van der Waals surface area contributed by atoms with Crippen molar-refractivity contribution in [3.05, 3.63) is 76.9 Å². The Morgan fingerprint density at radius 1 is 1.13 bits per heavy atom. The minimum absolute atomic E-state index is 0.182. The number of amides is 3. The number of carbonyl (C=O) groups excluding carboxylic acids is 3. The quantitative estimate of drug-likeness (QED) is 0.264. The zero-order valence-corrected chi connectivity index (χ0v) is 21.4. The van der Waals surface area contributed by atoms with Crippen LogP contribution in [0.5, 0.6) is 5.75 Å². The maximum Gasteiger partial charge on any atom is 0.455 e. The molecule has 0 saturated carbocycles. The van der Waals surface area contributed by atoms with Crippen molar-refractivity contribution in [1.82, 2.24) is 4.90 Å². The van der Waals surface area contributed by atoms with Gasteiger partial charge in [0, 0.05) is 0 Å². The number of phenolic OH excluding ortho intramolecular Hbond substituents is 1. The van der Waals surface area contributed by atoms with Crippen LogP contribution in [-0.4, -0.2) is 53.3 Å². The third-order valence-corrected chi connectivity index (χ3v) is 7.84. The number of likely N-dealkylation sites (tertiary alicyclic amines) is 1. The lowest BCUT2D eigenvalue weighted by Crippen LogP contribution is -2.46.